The van der Waals surface area contributed by atoms with Gasteiger partial charge in [-0.2, -0.15) is 0 Å². The van der Waals surface area contributed by atoms with Crippen LogP contribution in [0.3, 0.4) is 0 Å². The molecule has 0 aliphatic heterocycles. The summed E-state index contributed by atoms with van der Waals surface area (Å²) in [7, 11) is 3.79. The maximum absolute atomic E-state index is 7.23. The molecule has 13 heavy (non-hydrogen) atoms. The van der Waals surface area contributed by atoms with Gasteiger partial charge in [0, 0.05) is 31.1 Å². The molecular formula is C10H15N3. The molecule has 0 aliphatic rings. The molecule has 0 atom stereocenters. The molecule has 0 amide bonds. The molecule has 3 nitrogen and oxygen atoms in total. The van der Waals surface area contributed by atoms with Crippen molar-refractivity contribution in [2.45, 2.75) is 6.54 Å². The normalized spacial score (nSPS) is 9.69. The van der Waals surface area contributed by atoms with Gasteiger partial charge in [0.15, 0.2) is 0 Å². The van der Waals surface area contributed by atoms with Crippen molar-refractivity contribution in [3.8, 4) is 0 Å². The Morgan fingerprint density at radius 3 is 2.69 bits per heavy atom. The summed E-state index contributed by atoms with van der Waals surface area (Å²) in [5.74, 6) is 0. The number of benzene rings is 1. The third-order valence-corrected chi connectivity index (χ3v) is 1.96. The molecule has 0 aromatic heterocycles. The molecule has 0 unspecified atom stereocenters. The first-order valence-corrected chi connectivity index (χ1v) is 4.28. The lowest BCUT2D eigenvalue weighted by atomic mass is 10.1. The number of hydrogen-bond acceptors (Lipinski definition) is 3. The van der Waals surface area contributed by atoms with Crippen molar-refractivity contribution in [2.24, 2.45) is 0 Å². The molecule has 0 radical (unpaired) electrons. The van der Waals surface area contributed by atoms with E-state index in [4.69, 9.17) is 5.41 Å². The minimum atomic E-state index is 0.817. The van der Waals surface area contributed by atoms with E-state index in [9.17, 15) is 0 Å². The Balaban J connectivity index is 3.10. The SMILES string of the molecule is CNCc1cccc(C=N)c1NC. The molecule has 0 saturated carbocycles. The van der Waals surface area contributed by atoms with Gasteiger partial charge in [-0.15, -0.1) is 0 Å². The van der Waals surface area contributed by atoms with Crippen LogP contribution >= 0.6 is 0 Å². The van der Waals surface area contributed by atoms with E-state index < -0.39 is 0 Å². The molecule has 0 aliphatic carbocycles. The summed E-state index contributed by atoms with van der Waals surface area (Å²) in [6, 6.07) is 5.95. The van der Waals surface area contributed by atoms with Crippen LogP contribution in [-0.4, -0.2) is 20.3 Å². The van der Waals surface area contributed by atoms with Crippen LogP contribution in [0.25, 0.3) is 0 Å². The second-order valence-electron chi connectivity index (χ2n) is 2.81. The van der Waals surface area contributed by atoms with E-state index in [1.807, 2.05) is 26.2 Å². The van der Waals surface area contributed by atoms with Gasteiger partial charge in [-0.1, -0.05) is 18.2 Å². The van der Waals surface area contributed by atoms with Crippen molar-refractivity contribution in [3.05, 3.63) is 29.3 Å². The van der Waals surface area contributed by atoms with Crippen molar-refractivity contribution in [1.82, 2.24) is 5.32 Å². The summed E-state index contributed by atoms with van der Waals surface area (Å²) in [4.78, 5) is 0. The van der Waals surface area contributed by atoms with Crippen LogP contribution in [0.4, 0.5) is 5.69 Å². The van der Waals surface area contributed by atoms with Crippen LogP contribution in [-0.2, 0) is 6.54 Å². The number of rotatable bonds is 4. The van der Waals surface area contributed by atoms with E-state index in [0.717, 1.165) is 17.8 Å². The summed E-state index contributed by atoms with van der Waals surface area (Å²) in [5.41, 5.74) is 3.15. The first kappa shape index (κ1) is 9.74. The van der Waals surface area contributed by atoms with Gasteiger partial charge >= 0.3 is 0 Å². The van der Waals surface area contributed by atoms with Crippen LogP contribution in [0.1, 0.15) is 11.1 Å². The van der Waals surface area contributed by atoms with E-state index in [-0.39, 0.29) is 0 Å². The maximum Gasteiger partial charge on any atom is 0.0472 e. The quantitative estimate of drug-likeness (QED) is 0.609. The van der Waals surface area contributed by atoms with Gasteiger partial charge in [0.25, 0.3) is 0 Å². The van der Waals surface area contributed by atoms with Crippen molar-refractivity contribution in [3.63, 3.8) is 0 Å². The Morgan fingerprint density at radius 2 is 2.15 bits per heavy atom. The predicted molar refractivity (Wildman–Crippen MR) is 56.6 cm³/mol. The zero-order chi connectivity index (χ0) is 9.68. The predicted octanol–water partition coefficient (Wildman–Crippen LogP) is 1.45. The van der Waals surface area contributed by atoms with E-state index in [1.165, 1.54) is 11.8 Å². The van der Waals surface area contributed by atoms with E-state index in [2.05, 4.69) is 16.7 Å². The van der Waals surface area contributed by atoms with Gasteiger partial charge < -0.3 is 16.0 Å². The standard InChI is InChI=1S/C10H15N3/c1-12-7-9-5-3-4-8(6-11)10(9)13-2/h3-6,11-13H,7H2,1-2H3. The molecule has 70 valence electrons. The van der Waals surface area contributed by atoms with Gasteiger partial charge in [-0.05, 0) is 12.6 Å². The average Bonchev–Trinajstić information content (AvgIpc) is 2.18. The molecule has 1 rings (SSSR count). The first-order chi connectivity index (χ1) is 6.33. The largest absolute Gasteiger partial charge is 0.387 e. The molecule has 1 aromatic rings. The molecule has 0 fully saturated rings. The summed E-state index contributed by atoms with van der Waals surface area (Å²) in [6.07, 6.45) is 1.37. The average molecular weight is 177 g/mol. The number of hydrogen-bond donors (Lipinski definition) is 3. The van der Waals surface area contributed by atoms with Crippen molar-refractivity contribution in [2.75, 3.05) is 19.4 Å². The second-order valence-corrected chi connectivity index (χ2v) is 2.81. The van der Waals surface area contributed by atoms with E-state index in [0.29, 0.717) is 0 Å². The van der Waals surface area contributed by atoms with Crippen LogP contribution in [0.2, 0.25) is 0 Å². The molecule has 3 heteroatoms. The Hall–Kier alpha value is -1.35. The fourth-order valence-electron chi connectivity index (χ4n) is 1.38. The molecular weight excluding hydrogens is 162 g/mol. The van der Waals surface area contributed by atoms with Crippen molar-refractivity contribution in [1.29, 1.82) is 5.41 Å². The highest BCUT2D eigenvalue weighted by atomic mass is 14.9. The Labute approximate surface area is 78.7 Å². The highest BCUT2D eigenvalue weighted by Gasteiger charge is 2.03. The highest BCUT2D eigenvalue weighted by molar-refractivity contribution is 5.86. The Bertz CT molecular complexity index is 294. The Kier molecular flexibility index (Phi) is 3.46. The molecule has 0 saturated heterocycles. The fourth-order valence-corrected chi connectivity index (χ4v) is 1.38. The molecule has 1 aromatic carbocycles. The second kappa shape index (κ2) is 4.62. The number of nitrogens with one attached hydrogen (secondary N) is 3. The third kappa shape index (κ3) is 2.06. The molecule has 0 heterocycles. The van der Waals surface area contributed by atoms with Crippen LogP contribution < -0.4 is 10.6 Å². The van der Waals surface area contributed by atoms with Crippen molar-refractivity contribution >= 4 is 11.9 Å². The lowest BCUT2D eigenvalue weighted by Gasteiger charge is -2.11. The zero-order valence-electron chi connectivity index (χ0n) is 8.02. The zero-order valence-corrected chi connectivity index (χ0v) is 8.02. The third-order valence-electron chi connectivity index (χ3n) is 1.96. The summed E-state index contributed by atoms with van der Waals surface area (Å²) in [6.45, 7) is 0.817. The summed E-state index contributed by atoms with van der Waals surface area (Å²) >= 11 is 0. The van der Waals surface area contributed by atoms with Crippen LogP contribution in [0.5, 0.6) is 0 Å². The van der Waals surface area contributed by atoms with Gasteiger partial charge in [0.1, 0.15) is 0 Å². The minimum Gasteiger partial charge on any atom is -0.387 e. The van der Waals surface area contributed by atoms with Crippen LogP contribution in [0, 0.1) is 5.41 Å². The summed E-state index contributed by atoms with van der Waals surface area (Å²) < 4.78 is 0. The van der Waals surface area contributed by atoms with E-state index in [1.54, 1.807) is 0 Å². The first-order valence-electron chi connectivity index (χ1n) is 4.28. The maximum atomic E-state index is 7.23. The number of para-hydroxylation sites is 1. The fraction of sp³-hybridized carbons (Fsp3) is 0.300. The number of anilines is 1. The van der Waals surface area contributed by atoms with Gasteiger partial charge in [-0.3, -0.25) is 0 Å². The highest BCUT2D eigenvalue weighted by Crippen LogP contribution is 2.18. The van der Waals surface area contributed by atoms with Crippen LogP contribution in [0.15, 0.2) is 18.2 Å². The topological polar surface area (TPSA) is 47.9 Å². The minimum absolute atomic E-state index is 0.817. The smallest absolute Gasteiger partial charge is 0.0472 e. The molecule has 0 spiro atoms. The van der Waals surface area contributed by atoms with Crippen molar-refractivity contribution < 1.29 is 0 Å². The Morgan fingerprint density at radius 1 is 1.38 bits per heavy atom. The lowest BCUT2D eigenvalue weighted by molar-refractivity contribution is 0.819. The van der Waals surface area contributed by atoms with Gasteiger partial charge in [0.05, 0.1) is 0 Å². The lowest BCUT2D eigenvalue weighted by Crippen LogP contribution is -2.09. The summed E-state index contributed by atoms with van der Waals surface area (Å²) in [5, 5.41) is 13.4. The van der Waals surface area contributed by atoms with Gasteiger partial charge in [0.2, 0.25) is 0 Å². The monoisotopic (exact) mass is 177 g/mol. The molecule has 0 bridgehead atoms. The molecule has 3 N–H and O–H groups in total. The van der Waals surface area contributed by atoms with E-state index >= 15 is 0 Å². The van der Waals surface area contributed by atoms with Gasteiger partial charge in [-0.25, -0.2) is 0 Å².